The second-order valence-corrected chi connectivity index (χ2v) is 6.33. The average Bonchev–Trinajstić information content (AvgIpc) is 2.61. The van der Waals surface area contributed by atoms with Crippen molar-refractivity contribution < 1.29 is 17.9 Å². The van der Waals surface area contributed by atoms with E-state index >= 15 is 0 Å². The number of alkyl halides is 3. The minimum Gasteiger partial charge on any atom is -0.372 e. The molecule has 0 unspecified atom stereocenters. The predicted octanol–water partition coefficient (Wildman–Crippen LogP) is 3.62. The Balaban J connectivity index is 0.00000364. The molecule has 1 aromatic carbocycles. The lowest BCUT2D eigenvalue weighted by Crippen LogP contribution is -2.52. The van der Waals surface area contributed by atoms with Crippen LogP contribution < -0.4 is 10.2 Å². The Morgan fingerprint density at radius 1 is 1.22 bits per heavy atom. The van der Waals surface area contributed by atoms with Gasteiger partial charge in [0.2, 0.25) is 0 Å². The zero-order valence-corrected chi connectivity index (χ0v) is 18.2. The number of halogens is 5. The Hall–Kier alpha value is -0.940. The maximum atomic E-state index is 12.0. The van der Waals surface area contributed by atoms with Gasteiger partial charge in [-0.05, 0) is 18.6 Å². The van der Waals surface area contributed by atoms with E-state index in [4.69, 9.17) is 11.6 Å². The summed E-state index contributed by atoms with van der Waals surface area (Å²) in [6.45, 7) is 2.58. The fourth-order valence-corrected chi connectivity index (χ4v) is 3.02. The van der Waals surface area contributed by atoms with Crippen LogP contribution in [0, 0.1) is 0 Å². The van der Waals surface area contributed by atoms with E-state index < -0.39 is 12.8 Å². The van der Waals surface area contributed by atoms with Gasteiger partial charge in [-0.1, -0.05) is 23.7 Å². The largest absolute Gasteiger partial charge is 0.411 e. The third-order valence-electron chi connectivity index (χ3n) is 4.00. The summed E-state index contributed by atoms with van der Waals surface area (Å²) in [6.07, 6.45) is -3.79. The van der Waals surface area contributed by atoms with E-state index in [9.17, 15) is 13.2 Å². The predicted molar refractivity (Wildman–Crippen MR) is 114 cm³/mol. The number of hydrogen-bond acceptors (Lipinski definition) is 3. The molecule has 1 saturated heterocycles. The molecule has 1 aliphatic heterocycles. The van der Waals surface area contributed by atoms with Gasteiger partial charge in [-0.3, -0.25) is 4.99 Å². The first kappa shape index (κ1) is 24.1. The Kier molecular flexibility index (Phi) is 10.5. The molecule has 0 spiro atoms. The number of ether oxygens (including phenoxy) is 1. The van der Waals surface area contributed by atoms with Crippen molar-refractivity contribution in [3.05, 3.63) is 29.3 Å². The number of aliphatic imine (C=N–C) groups is 1. The van der Waals surface area contributed by atoms with Gasteiger partial charge in [0.1, 0.15) is 6.61 Å². The minimum absolute atomic E-state index is 0. The lowest BCUT2D eigenvalue weighted by Gasteiger charge is -2.38. The van der Waals surface area contributed by atoms with Gasteiger partial charge >= 0.3 is 6.18 Å². The molecular weight excluding hydrogens is 496 g/mol. The molecule has 0 bridgehead atoms. The third-order valence-corrected chi connectivity index (χ3v) is 4.32. The number of nitrogens with one attached hydrogen (secondary N) is 1. The molecule has 154 valence electrons. The number of guanidine groups is 1. The van der Waals surface area contributed by atoms with E-state index in [1.807, 2.05) is 24.3 Å². The van der Waals surface area contributed by atoms with Crippen molar-refractivity contribution in [3.8, 4) is 0 Å². The van der Waals surface area contributed by atoms with Gasteiger partial charge in [-0.2, -0.15) is 13.2 Å². The minimum atomic E-state index is -4.27. The molecule has 1 aromatic rings. The quantitative estimate of drug-likeness (QED) is 0.269. The lowest BCUT2D eigenvalue weighted by atomic mass is 10.2. The van der Waals surface area contributed by atoms with Crippen molar-refractivity contribution in [1.82, 2.24) is 10.2 Å². The van der Waals surface area contributed by atoms with Gasteiger partial charge in [0, 0.05) is 46.4 Å². The molecule has 0 radical (unpaired) electrons. The van der Waals surface area contributed by atoms with Crippen molar-refractivity contribution in [2.45, 2.75) is 12.6 Å². The maximum Gasteiger partial charge on any atom is 0.411 e. The second kappa shape index (κ2) is 11.8. The SMILES string of the molecule is CN=C(NCCCOCC(F)(F)F)N1CCN(c2ccccc2Cl)CC1.I. The zero-order valence-electron chi connectivity index (χ0n) is 15.1. The fourth-order valence-electron chi connectivity index (χ4n) is 2.76. The van der Waals surface area contributed by atoms with Crippen LogP contribution in [0.2, 0.25) is 5.02 Å². The van der Waals surface area contributed by atoms with Gasteiger partial charge in [0.15, 0.2) is 5.96 Å². The summed E-state index contributed by atoms with van der Waals surface area (Å²) in [5.74, 6) is 0.750. The Bertz CT molecular complexity index is 596. The normalized spacial score (nSPS) is 15.5. The standard InChI is InChI=1S/C17H24ClF3N4O.HI/c1-22-16(23-7-4-12-26-13-17(19,20)21)25-10-8-24(9-11-25)15-6-3-2-5-14(15)18;/h2-3,5-6H,4,7-13H2,1H3,(H,22,23);1H. The van der Waals surface area contributed by atoms with Crippen LogP contribution in [-0.4, -0.2) is 70.0 Å². The Morgan fingerprint density at radius 2 is 1.89 bits per heavy atom. The number of rotatable bonds is 6. The molecule has 1 heterocycles. The van der Waals surface area contributed by atoms with Crippen LogP contribution in [0.3, 0.4) is 0 Å². The number of hydrogen-bond donors (Lipinski definition) is 1. The summed E-state index contributed by atoms with van der Waals surface area (Å²) in [5, 5.41) is 3.91. The van der Waals surface area contributed by atoms with E-state index in [-0.39, 0.29) is 30.6 Å². The topological polar surface area (TPSA) is 40.1 Å². The second-order valence-electron chi connectivity index (χ2n) is 5.92. The van der Waals surface area contributed by atoms with E-state index in [1.165, 1.54) is 0 Å². The van der Waals surface area contributed by atoms with Crippen LogP contribution in [0.1, 0.15) is 6.42 Å². The van der Waals surface area contributed by atoms with Gasteiger partial charge in [0.25, 0.3) is 0 Å². The van der Waals surface area contributed by atoms with E-state index in [0.29, 0.717) is 13.0 Å². The Labute approximate surface area is 179 Å². The summed E-state index contributed by atoms with van der Waals surface area (Å²) >= 11 is 6.25. The summed E-state index contributed by atoms with van der Waals surface area (Å²) in [6, 6.07) is 7.76. The number of para-hydroxylation sites is 1. The first-order chi connectivity index (χ1) is 12.4. The smallest absolute Gasteiger partial charge is 0.372 e. The van der Waals surface area contributed by atoms with E-state index in [1.54, 1.807) is 7.05 Å². The summed E-state index contributed by atoms with van der Waals surface area (Å²) in [7, 11) is 1.70. The summed E-state index contributed by atoms with van der Waals surface area (Å²) in [5.41, 5.74) is 1.03. The first-order valence-electron chi connectivity index (χ1n) is 8.50. The highest BCUT2D eigenvalue weighted by molar-refractivity contribution is 14.0. The van der Waals surface area contributed by atoms with Crippen molar-refractivity contribution in [1.29, 1.82) is 0 Å². The van der Waals surface area contributed by atoms with Gasteiger partial charge < -0.3 is 19.9 Å². The summed E-state index contributed by atoms with van der Waals surface area (Å²) in [4.78, 5) is 8.61. The lowest BCUT2D eigenvalue weighted by molar-refractivity contribution is -0.173. The molecule has 2 rings (SSSR count). The molecule has 10 heteroatoms. The number of piperazine rings is 1. The Morgan fingerprint density at radius 3 is 2.48 bits per heavy atom. The zero-order chi connectivity index (χ0) is 19.0. The first-order valence-corrected chi connectivity index (χ1v) is 8.88. The summed E-state index contributed by atoms with van der Waals surface area (Å²) < 4.78 is 40.6. The van der Waals surface area contributed by atoms with Crippen LogP contribution >= 0.6 is 35.6 Å². The van der Waals surface area contributed by atoms with Crippen LogP contribution in [-0.2, 0) is 4.74 Å². The molecule has 27 heavy (non-hydrogen) atoms. The van der Waals surface area contributed by atoms with E-state index in [0.717, 1.165) is 42.8 Å². The molecule has 1 N–H and O–H groups in total. The molecule has 0 atom stereocenters. The van der Waals surface area contributed by atoms with Gasteiger partial charge in [-0.25, -0.2) is 0 Å². The van der Waals surface area contributed by atoms with E-state index in [2.05, 4.69) is 24.8 Å². The number of benzene rings is 1. The third kappa shape index (κ3) is 8.30. The molecule has 1 aliphatic rings. The van der Waals surface area contributed by atoms with Crippen LogP contribution in [0.4, 0.5) is 18.9 Å². The molecule has 0 aliphatic carbocycles. The molecule has 0 saturated carbocycles. The van der Waals surface area contributed by atoms with Crippen LogP contribution in [0.25, 0.3) is 0 Å². The highest BCUT2D eigenvalue weighted by Crippen LogP contribution is 2.26. The molecule has 0 amide bonds. The molecule has 5 nitrogen and oxygen atoms in total. The van der Waals surface area contributed by atoms with Crippen LogP contribution in [0.5, 0.6) is 0 Å². The maximum absolute atomic E-state index is 12.0. The monoisotopic (exact) mass is 520 g/mol. The average molecular weight is 521 g/mol. The van der Waals surface area contributed by atoms with Crippen molar-refractivity contribution in [3.63, 3.8) is 0 Å². The molecule has 0 aromatic heterocycles. The molecular formula is C17H25ClF3IN4O. The number of anilines is 1. The molecule has 1 fully saturated rings. The highest BCUT2D eigenvalue weighted by atomic mass is 127. The van der Waals surface area contributed by atoms with Gasteiger partial charge in [0.05, 0.1) is 10.7 Å². The van der Waals surface area contributed by atoms with Gasteiger partial charge in [-0.15, -0.1) is 24.0 Å². The van der Waals surface area contributed by atoms with Crippen LogP contribution in [0.15, 0.2) is 29.3 Å². The highest BCUT2D eigenvalue weighted by Gasteiger charge is 2.27. The fraction of sp³-hybridized carbons (Fsp3) is 0.588. The van der Waals surface area contributed by atoms with Crippen molar-refractivity contribution >= 4 is 47.2 Å². The number of nitrogens with zero attached hydrogens (tertiary/aromatic N) is 3. The van der Waals surface area contributed by atoms with Crippen molar-refractivity contribution in [2.24, 2.45) is 4.99 Å². The van der Waals surface area contributed by atoms with Crippen molar-refractivity contribution in [2.75, 3.05) is 57.9 Å².